The molecule has 1 aliphatic rings. The van der Waals surface area contributed by atoms with Crippen molar-refractivity contribution in [3.8, 4) is 0 Å². The van der Waals surface area contributed by atoms with Gasteiger partial charge in [-0.15, -0.1) is 0 Å². The zero-order valence-electron chi connectivity index (χ0n) is 11.6. The molecule has 1 N–H and O–H groups in total. The van der Waals surface area contributed by atoms with Crippen LogP contribution >= 0.6 is 11.6 Å². The van der Waals surface area contributed by atoms with Gasteiger partial charge in [0.2, 0.25) is 0 Å². The predicted octanol–water partition coefficient (Wildman–Crippen LogP) is 3.07. The second-order valence-corrected chi connectivity index (χ2v) is 6.59. The molecule has 1 heterocycles. The Morgan fingerprint density at radius 2 is 2.26 bits per heavy atom. The Labute approximate surface area is 119 Å². The Kier molecular flexibility index (Phi) is 4.09. The monoisotopic (exact) mass is 281 g/mol. The predicted molar refractivity (Wildman–Crippen MR) is 75.1 cm³/mol. The Morgan fingerprint density at radius 1 is 1.53 bits per heavy atom. The lowest BCUT2D eigenvalue weighted by molar-refractivity contribution is 0.0856. The van der Waals surface area contributed by atoms with Crippen LogP contribution in [-0.2, 0) is 0 Å². The molecular weight excluding hydrogens is 262 g/mol. The summed E-state index contributed by atoms with van der Waals surface area (Å²) in [5, 5.41) is 3.35. The van der Waals surface area contributed by atoms with Crippen LogP contribution in [-0.4, -0.2) is 21.9 Å². The molecule has 1 saturated carbocycles. The molecule has 1 aromatic rings. The third kappa shape index (κ3) is 3.44. The van der Waals surface area contributed by atoms with Gasteiger partial charge < -0.3 is 5.32 Å². The Morgan fingerprint density at radius 3 is 2.89 bits per heavy atom. The Hall–Kier alpha value is -1.16. The highest BCUT2D eigenvalue weighted by atomic mass is 35.5. The largest absolute Gasteiger partial charge is 0.348 e. The van der Waals surface area contributed by atoms with Crippen LogP contribution in [0, 0.1) is 11.3 Å². The summed E-state index contributed by atoms with van der Waals surface area (Å²) in [5.74, 6) is 0.261. The number of hydrogen-bond donors (Lipinski definition) is 1. The summed E-state index contributed by atoms with van der Waals surface area (Å²) < 4.78 is 0. The van der Waals surface area contributed by atoms with Crippen LogP contribution in [0.2, 0.25) is 5.02 Å². The summed E-state index contributed by atoms with van der Waals surface area (Å²) >= 11 is 5.93. The van der Waals surface area contributed by atoms with Gasteiger partial charge in [0.25, 0.3) is 5.91 Å². The number of carbonyl (C=O) groups is 1. The smallest absolute Gasteiger partial charge is 0.271 e. The lowest BCUT2D eigenvalue weighted by Crippen LogP contribution is -2.44. The molecule has 0 aliphatic heterocycles. The molecule has 1 fully saturated rings. The molecule has 2 unspecified atom stereocenters. The molecule has 0 bridgehead atoms. The van der Waals surface area contributed by atoms with Crippen molar-refractivity contribution in [1.29, 1.82) is 0 Å². The first-order valence-electron chi connectivity index (χ1n) is 6.65. The van der Waals surface area contributed by atoms with Gasteiger partial charge in [0, 0.05) is 12.2 Å². The minimum Gasteiger partial charge on any atom is -0.348 e. The van der Waals surface area contributed by atoms with E-state index in [1.165, 1.54) is 12.5 Å². The molecule has 1 aliphatic carbocycles. The van der Waals surface area contributed by atoms with Crippen molar-refractivity contribution in [3.05, 3.63) is 23.2 Å². The van der Waals surface area contributed by atoms with E-state index in [9.17, 15) is 4.79 Å². The minimum atomic E-state index is -0.205. The van der Waals surface area contributed by atoms with Crippen LogP contribution in [0.4, 0.5) is 0 Å². The topological polar surface area (TPSA) is 54.9 Å². The highest BCUT2D eigenvalue weighted by molar-refractivity contribution is 6.33. The summed E-state index contributed by atoms with van der Waals surface area (Å²) in [6.07, 6.45) is 6.03. The van der Waals surface area contributed by atoms with Crippen LogP contribution in [0.15, 0.2) is 12.5 Å². The van der Waals surface area contributed by atoms with E-state index in [2.05, 4.69) is 36.1 Å². The molecule has 5 heteroatoms. The number of nitrogens with zero attached hydrogens (tertiary/aromatic N) is 2. The van der Waals surface area contributed by atoms with E-state index in [4.69, 9.17) is 11.6 Å². The molecule has 2 rings (SSSR count). The maximum atomic E-state index is 12.2. The number of hydrogen-bond acceptors (Lipinski definition) is 3. The van der Waals surface area contributed by atoms with Gasteiger partial charge >= 0.3 is 0 Å². The van der Waals surface area contributed by atoms with Crippen molar-refractivity contribution in [3.63, 3.8) is 0 Å². The quantitative estimate of drug-likeness (QED) is 0.906. The number of carbonyl (C=O) groups excluding carboxylic acids is 1. The maximum absolute atomic E-state index is 12.2. The van der Waals surface area contributed by atoms with Gasteiger partial charge in [-0.2, -0.15) is 0 Å². The first-order chi connectivity index (χ1) is 8.89. The van der Waals surface area contributed by atoms with Crippen molar-refractivity contribution >= 4 is 17.5 Å². The second-order valence-electron chi connectivity index (χ2n) is 6.18. The Balaban J connectivity index is 2.02. The fourth-order valence-corrected chi connectivity index (χ4v) is 3.07. The van der Waals surface area contributed by atoms with Crippen molar-refractivity contribution < 1.29 is 4.79 Å². The van der Waals surface area contributed by atoms with Crippen molar-refractivity contribution in [2.45, 2.75) is 46.1 Å². The van der Waals surface area contributed by atoms with Crippen LogP contribution in [0.5, 0.6) is 0 Å². The number of nitrogens with one attached hydrogen (secondary N) is 1. The van der Waals surface area contributed by atoms with Crippen LogP contribution < -0.4 is 5.32 Å². The first kappa shape index (κ1) is 14.3. The maximum Gasteiger partial charge on any atom is 0.271 e. The average Bonchev–Trinajstić information content (AvgIpc) is 2.32. The van der Waals surface area contributed by atoms with Gasteiger partial charge in [-0.25, -0.2) is 9.97 Å². The zero-order valence-corrected chi connectivity index (χ0v) is 12.4. The van der Waals surface area contributed by atoms with Crippen molar-refractivity contribution in [2.24, 2.45) is 11.3 Å². The van der Waals surface area contributed by atoms with Crippen LogP contribution in [0.1, 0.15) is 50.5 Å². The van der Waals surface area contributed by atoms with Crippen LogP contribution in [0.3, 0.4) is 0 Å². The van der Waals surface area contributed by atoms with E-state index in [0.29, 0.717) is 16.4 Å². The van der Waals surface area contributed by atoms with E-state index in [1.54, 1.807) is 0 Å². The summed E-state index contributed by atoms with van der Waals surface area (Å²) in [7, 11) is 0. The van der Waals surface area contributed by atoms with Gasteiger partial charge in [-0.05, 0) is 30.6 Å². The molecule has 4 nitrogen and oxygen atoms in total. The molecule has 1 amide bonds. The molecule has 0 radical (unpaired) electrons. The van der Waals surface area contributed by atoms with E-state index in [-0.39, 0.29) is 17.6 Å². The number of amides is 1. The molecule has 19 heavy (non-hydrogen) atoms. The lowest BCUT2D eigenvalue weighted by atomic mass is 9.70. The number of rotatable bonds is 2. The highest BCUT2D eigenvalue weighted by Crippen LogP contribution is 2.38. The number of aromatic nitrogens is 2. The fourth-order valence-electron chi connectivity index (χ4n) is 2.88. The van der Waals surface area contributed by atoms with Crippen molar-refractivity contribution in [1.82, 2.24) is 15.3 Å². The summed E-state index contributed by atoms with van der Waals surface area (Å²) in [5.41, 5.74) is 0.626. The summed E-state index contributed by atoms with van der Waals surface area (Å²) in [4.78, 5) is 19.9. The molecular formula is C14H20ClN3O. The minimum absolute atomic E-state index is 0.201. The van der Waals surface area contributed by atoms with E-state index >= 15 is 0 Å². The molecule has 0 spiro atoms. The Bertz CT molecular complexity index is 476. The highest BCUT2D eigenvalue weighted by Gasteiger charge is 2.33. The normalized spacial score (nSPS) is 25.9. The third-order valence-electron chi connectivity index (χ3n) is 3.89. The third-order valence-corrected chi connectivity index (χ3v) is 4.17. The van der Waals surface area contributed by atoms with Gasteiger partial charge in [0.15, 0.2) is 0 Å². The molecule has 0 saturated heterocycles. The van der Waals surface area contributed by atoms with Gasteiger partial charge in [-0.3, -0.25) is 4.79 Å². The first-order valence-corrected chi connectivity index (χ1v) is 7.03. The molecule has 1 aromatic heterocycles. The second kappa shape index (κ2) is 5.45. The van der Waals surface area contributed by atoms with E-state index in [0.717, 1.165) is 19.3 Å². The van der Waals surface area contributed by atoms with Gasteiger partial charge in [0.1, 0.15) is 12.0 Å². The SMILES string of the molecule is CC1CC(C)(C)CCC1NC(=O)c1ncncc1Cl. The van der Waals surface area contributed by atoms with Gasteiger partial charge in [0.05, 0.1) is 5.02 Å². The molecule has 104 valence electrons. The lowest BCUT2D eigenvalue weighted by Gasteiger charge is -2.39. The van der Waals surface area contributed by atoms with E-state index in [1.807, 2.05) is 0 Å². The van der Waals surface area contributed by atoms with E-state index < -0.39 is 0 Å². The van der Waals surface area contributed by atoms with Crippen LogP contribution in [0.25, 0.3) is 0 Å². The average molecular weight is 282 g/mol. The summed E-state index contributed by atoms with van der Waals surface area (Å²) in [6, 6.07) is 0.201. The zero-order chi connectivity index (χ0) is 14.0. The molecule has 2 atom stereocenters. The summed E-state index contributed by atoms with van der Waals surface area (Å²) in [6.45, 7) is 6.75. The molecule has 0 aromatic carbocycles. The fraction of sp³-hybridized carbons (Fsp3) is 0.643. The standard InChI is InChI=1S/C14H20ClN3O/c1-9-6-14(2,3)5-4-11(9)18-13(19)12-10(15)7-16-8-17-12/h7-9,11H,4-6H2,1-3H3,(H,18,19). The van der Waals surface area contributed by atoms with Gasteiger partial charge in [-0.1, -0.05) is 32.4 Å². The van der Waals surface area contributed by atoms with Crippen molar-refractivity contribution in [2.75, 3.05) is 0 Å². The number of halogens is 1.